The van der Waals surface area contributed by atoms with E-state index in [0.29, 0.717) is 12.0 Å². The van der Waals surface area contributed by atoms with E-state index >= 15 is 0 Å². The molecule has 2 fully saturated rings. The molecule has 4 nitrogen and oxygen atoms in total. The van der Waals surface area contributed by atoms with Gasteiger partial charge >= 0.3 is 0 Å². The first kappa shape index (κ1) is 11.2. The van der Waals surface area contributed by atoms with Crippen LogP contribution in [0.3, 0.4) is 0 Å². The van der Waals surface area contributed by atoms with Gasteiger partial charge in [0.2, 0.25) is 0 Å². The van der Waals surface area contributed by atoms with Gasteiger partial charge in [-0.1, -0.05) is 6.92 Å². The molecule has 1 aromatic rings. The highest BCUT2D eigenvalue weighted by Crippen LogP contribution is 2.39. The van der Waals surface area contributed by atoms with E-state index in [1.807, 2.05) is 6.20 Å². The SMILES string of the molecule is CCC(c1ncc(C2CC2)[nH]1)C1COCCN1. The molecule has 0 aromatic carbocycles. The lowest BCUT2D eigenvalue weighted by molar-refractivity contribution is 0.0664. The third-order valence-electron chi connectivity index (χ3n) is 3.86. The maximum atomic E-state index is 5.55. The van der Waals surface area contributed by atoms with Gasteiger partial charge in [0.1, 0.15) is 5.82 Å². The Morgan fingerprint density at radius 3 is 3.06 bits per heavy atom. The molecule has 2 N–H and O–H groups in total. The monoisotopic (exact) mass is 235 g/mol. The topological polar surface area (TPSA) is 49.9 Å². The van der Waals surface area contributed by atoms with Crippen LogP contribution in [0.5, 0.6) is 0 Å². The lowest BCUT2D eigenvalue weighted by Crippen LogP contribution is -2.45. The van der Waals surface area contributed by atoms with Crippen molar-refractivity contribution in [3.8, 4) is 0 Å². The lowest BCUT2D eigenvalue weighted by Gasteiger charge is -2.29. The van der Waals surface area contributed by atoms with Crippen molar-refractivity contribution < 1.29 is 4.74 Å². The molecule has 1 saturated heterocycles. The van der Waals surface area contributed by atoms with Crippen LogP contribution in [0.15, 0.2) is 6.20 Å². The standard InChI is InChI=1S/C13H21N3O/c1-2-10(12-8-17-6-5-14-12)13-15-7-11(16-13)9-3-4-9/h7,9-10,12,14H,2-6,8H2,1H3,(H,15,16). The molecule has 2 aliphatic rings. The Bertz CT molecular complexity index is 366. The van der Waals surface area contributed by atoms with Crippen molar-refractivity contribution in [2.45, 2.75) is 44.1 Å². The van der Waals surface area contributed by atoms with Crippen molar-refractivity contribution in [2.24, 2.45) is 0 Å². The van der Waals surface area contributed by atoms with Crippen molar-refractivity contribution in [1.29, 1.82) is 0 Å². The Hall–Kier alpha value is -0.870. The van der Waals surface area contributed by atoms with E-state index in [4.69, 9.17) is 4.74 Å². The zero-order valence-electron chi connectivity index (χ0n) is 10.4. The Kier molecular flexibility index (Phi) is 3.16. The molecule has 0 bridgehead atoms. The smallest absolute Gasteiger partial charge is 0.111 e. The predicted octanol–water partition coefficient (Wildman–Crippen LogP) is 1.77. The molecule has 4 heteroatoms. The fourth-order valence-corrected chi connectivity index (χ4v) is 2.65. The molecular weight excluding hydrogens is 214 g/mol. The van der Waals surface area contributed by atoms with Crippen LogP contribution >= 0.6 is 0 Å². The maximum absolute atomic E-state index is 5.55. The van der Waals surface area contributed by atoms with E-state index in [-0.39, 0.29) is 0 Å². The van der Waals surface area contributed by atoms with Gasteiger partial charge in [0.05, 0.1) is 13.2 Å². The summed E-state index contributed by atoms with van der Waals surface area (Å²) in [6.07, 6.45) is 5.77. The second kappa shape index (κ2) is 4.78. The summed E-state index contributed by atoms with van der Waals surface area (Å²) in [5.74, 6) is 2.34. The molecule has 0 radical (unpaired) electrons. The normalized spacial score (nSPS) is 27.0. The van der Waals surface area contributed by atoms with Gasteiger partial charge in [-0.05, 0) is 19.3 Å². The summed E-state index contributed by atoms with van der Waals surface area (Å²) >= 11 is 0. The summed E-state index contributed by atoms with van der Waals surface area (Å²) in [5.41, 5.74) is 1.33. The number of nitrogens with zero attached hydrogens (tertiary/aromatic N) is 1. The van der Waals surface area contributed by atoms with Gasteiger partial charge in [0, 0.05) is 36.3 Å². The quantitative estimate of drug-likeness (QED) is 0.836. The van der Waals surface area contributed by atoms with Crippen LogP contribution in [-0.4, -0.2) is 35.8 Å². The zero-order valence-corrected chi connectivity index (χ0v) is 10.4. The number of aromatic nitrogens is 2. The highest BCUT2D eigenvalue weighted by molar-refractivity contribution is 5.16. The molecule has 1 saturated carbocycles. The van der Waals surface area contributed by atoms with Crippen LogP contribution in [0, 0.1) is 0 Å². The zero-order chi connectivity index (χ0) is 11.7. The maximum Gasteiger partial charge on any atom is 0.111 e. The minimum atomic E-state index is 0.409. The number of hydrogen-bond donors (Lipinski definition) is 2. The molecule has 94 valence electrons. The Morgan fingerprint density at radius 2 is 2.41 bits per heavy atom. The predicted molar refractivity (Wildman–Crippen MR) is 66.2 cm³/mol. The first-order chi connectivity index (χ1) is 8.38. The van der Waals surface area contributed by atoms with Crippen LogP contribution in [-0.2, 0) is 4.74 Å². The molecule has 17 heavy (non-hydrogen) atoms. The molecule has 0 amide bonds. The first-order valence-electron chi connectivity index (χ1n) is 6.74. The number of H-pyrrole nitrogens is 1. The summed E-state index contributed by atoms with van der Waals surface area (Å²) < 4.78 is 5.55. The molecule has 1 aliphatic heterocycles. The van der Waals surface area contributed by atoms with Gasteiger partial charge in [-0.25, -0.2) is 4.98 Å². The van der Waals surface area contributed by atoms with Gasteiger partial charge < -0.3 is 15.0 Å². The summed E-state index contributed by atoms with van der Waals surface area (Å²) in [7, 11) is 0. The summed E-state index contributed by atoms with van der Waals surface area (Å²) in [6, 6.07) is 0.409. The molecule has 1 aromatic heterocycles. The minimum absolute atomic E-state index is 0.409. The van der Waals surface area contributed by atoms with E-state index in [0.717, 1.165) is 37.9 Å². The number of imidazole rings is 1. The van der Waals surface area contributed by atoms with E-state index in [2.05, 4.69) is 22.2 Å². The Morgan fingerprint density at radius 1 is 1.53 bits per heavy atom. The fraction of sp³-hybridized carbons (Fsp3) is 0.769. The summed E-state index contributed by atoms with van der Waals surface area (Å²) in [5, 5.41) is 3.54. The molecule has 1 aliphatic carbocycles. The van der Waals surface area contributed by atoms with Gasteiger partial charge in [-0.3, -0.25) is 0 Å². The largest absolute Gasteiger partial charge is 0.378 e. The summed E-state index contributed by atoms with van der Waals surface area (Å²) in [6.45, 7) is 4.81. The van der Waals surface area contributed by atoms with E-state index in [9.17, 15) is 0 Å². The average Bonchev–Trinajstić information content (AvgIpc) is 3.12. The van der Waals surface area contributed by atoms with Gasteiger partial charge in [0.25, 0.3) is 0 Å². The van der Waals surface area contributed by atoms with Crippen LogP contribution in [0.2, 0.25) is 0 Å². The van der Waals surface area contributed by atoms with Gasteiger partial charge in [-0.2, -0.15) is 0 Å². The molecule has 2 heterocycles. The van der Waals surface area contributed by atoms with Crippen molar-refractivity contribution in [3.63, 3.8) is 0 Å². The van der Waals surface area contributed by atoms with Crippen LogP contribution in [0.4, 0.5) is 0 Å². The lowest BCUT2D eigenvalue weighted by atomic mass is 9.96. The van der Waals surface area contributed by atoms with Crippen molar-refractivity contribution >= 4 is 0 Å². The average molecular weight is 235 g/mol. The van der Waals surface area contributed by atoms with Crippen LogP contribution in [0.1, 0.15) is 49.5 Å². The molecular formula is C13H21N3O. The van der Waals surface area contributed by atoms with E-state index < -0.39 is 0 Å². The first-order valence-corrected chi connectivity index (χ1v) is 6.74. The number of nitrogens with one attached hydrogen (secondary N) is 2. The van der Waals surface area contributed by atoms with Crippen LogP contribution in [0.25, 0.3) is 0 Å². The third-order valence-corrected chi connectivity index (χ3v) is 3.86. The number of morpholine rings is 1. The molecule has 2 atom stereocenters. The minimum Gasteiger partial charge on any atom is -0.378 e. The molecule has 2 unspecified atom stereocenters. The number of hydrogen-bond acceptors (Lipinski definition) is 3. The second-order valence-electron chi connectivity index (χ2n) is 5.15. The van der Waals surface area contributed by atoms with Crippen LogP contribution < -0.4 is 5.32 Å². The van der Waals surface area contributed by atoms with Gasteiger partial charge in [0.15, 0.2) is 0 Å². The molecule has 3 rings (SSSR count). The third kappa shape index (κ3) is 2.38. The van der Waals surface area contributed by atoms with Gasteiger partial charge in [-0.15, -0.1) is 0 Å². The highest BCUT2D eigenvalue weighted by Gasteiger charge is 2.29. The van der Waals surface area contributed by atoms with E-state index in [1.165, 1.54) is 18.5 Å². The highest BCUT2D eigenvalue weighted by atomic mass is 16.5. The Balaban J connectivity index is 1.73. The summed E-state index contributed by atoms with van der Waals surface area (Å²) in [4.78, 5) is 8.09. The molecule has 0 spiro atoms. The second-order valence-corrected chi connectivity index (χ2v) is 5.15. The number of aromatic amines is 1. The van der Waals surface area contributed by atoms with Crippen molar-refractivity contribution in [2.75, 3.05) is 19.8 Å². The van der Waals surface area contributed by atoms with Crippen molar-refractivity contribution in [1.82, 2.24) is 15.3 Å². The van der Waals surface area contributed by atoms with E-state index in [1.54, 1.807) is 0 Å². The number of rotatable bonds is 4. The Labute approximate surface area is 102 Å². The number of ether oxygens (including phenoxy) is 1. The fourth-order valence-electron chi connectivity index (χ4n) is 2.65. The van der Waals surface area contributed by atoms with Crippen molar-refractivity contribution in [3.05, 3.63) is 17.7 Å².